The Morgan fingerprint density at radius 1 is 1.03 bits per heavy atom. The molecule has 1 fully saturated rings. The van der Waals surface area contributed by atoms with Gasteiger partial charge in [-0.25, -0.2) is 4.98 Å². The van der Waals surface area contributed by atoms with Gasteiger partial charge in [-0.05, 0) is 79.4 Å². The third-order valence-electron chi connectivity index (χ3n) is 6.32. The molecule has 8 heteroatoms. The SMILES string of the molecule is COc1ccc(/C(O)=C2\C(=O)C(=O)N(c3nc4c(C)cc(C)cc4s3)[C@@H]2c2ccc(Cl)cc2)cc1C. The lowest BCUT2D eigenvalue weighted by atomic mass is 9.95. The summed E-state index contributed by atoms with van der Waals surface area (Å²) in [5, 5.41) is 12.3. The summed E-state index contributed by atoms with van der Waals surface area (Å²) < 4.78 is 6.24. The zero-order valence-electron chi connectivity index (χ0n) is 20.1. The lowest BCUT2D eigenvalue weighted by Crippen LogP contribution is -2.29. The number of carbonyl (C=O) groups excluding carboxylic acids is 2. The van der Waals surface area contributed by atoms with Gasteiger partial charge in [0.25, 0.3) is 5.78 Å². The maximum absolute atomic E-state index is 13.5. The lowest BCUT2D eigenvalue weighted by molar-refractivity contribution is -0.132. The summed E-state index contributed by atoms with van der Waals surface area (Å²) in [6.45, 7) is 5.81. The summed E-state index contributed by atoms with van der Waals surface area (Å²) in [7, 11) is 1.56. The van der Waals surface area contributed by atoms with Crippen molar-refractivity contribution in [1.29, 1.82) is 0 Å². The molecule has 0 spiro atoms. The number of thiazole rings is 1. The number of aromatic nitrogens is 1. The average Bonchev–Trinajstić information content (AvgIpc) is 3.38. The second kappa shape index (κ2) is 9.08. The highest BCUT2D eigenvalue weighted by molar-refractivity contribution is 7.22. The molecule has 1 aliphatic heterocycles. The minimum Gasteiger partial charge on any atom is -0.507 e. The molecule has 1 N–H and O–H groups in total. The first-order valence-corrected chi connectivity index (χ1v) is 12.5. The van der Waals surface area contributed by atoms with E-state index in [4.69, 9.17) is 21.3 Å². The van der Waals surface area contributed by atoms with Gasteiger partial charge in [0.1, 0.15) is 11.5 Å². The van der Waals surface area contributed by atoms with E-state index in [9.17, 15) is 14.7 Å². The molecule has 36 heavy (non-hydrogen) atoms. The van der Waals surface area contributed by atoms with Crippen LogP contribution in [0.1, 0.15) is 33.9 Å². The van der Waals surface area contributed by atoms with E-state index in [1.54, 1.807) is 49.6 Å². The summed E-state index contributed by atoms with van der Waals surface area (Å²) >= 11 is 7.47. The molecular weight excluding hydrogens is 496 g/mol. The number of fused-ring (bicyclic) bond motifs is 1. The third-order valence-corrected chi connectivity index (χ3v) is 7.58. The van der Waals surface area contributed by atoms with E-state index in [1.807, 2.05) is 32.9 Å². The molecule has 2 heterocycles. The Hall–Kier alpha value is -3.68. The topological polar surface area (TPSA) is 79.7 Å². The third kappa shape index (κ3) is 3.94. The quantitative estimate of drug-likeness (QED) is 0.189. The van der Waals surface area contributed by atoms with Crippen LogP contribution in [0.2, 0.25) is 5.02 Å². The first-order chi connectivity index (χ1) is 17.2. The molecule has 4 aromatic rings. The van der Waals surface area contributed by atoms with Crippen LogP contribution in [0.15, 0.2) is 60.2 Å². The molecule has 3 aromatic carbocycles. The molecule has 1 amide bonds. The van der Waals surface area contributed by atoms with Gasteiger partial charge in [-0.1, -0.05) is 41.1 Å². The highest BCUT2D eigenvalue weighted by Gasteiger charge is 2.48. The Morgan fingerprint density at radius 3 is 2.42 bits per heavy atom. The molecule has 1 aromatic heterocycles. The van der Waals surface area contributed by atoms with Crippen LogP contribution in [0, 0.1) is 20.8 Å². The summed E-state index contributed by atoms with van der Waals surface area (Å²) in [5.74, 6) is -1.11. The summed E-state index contributed by atoms with van der Waals surface area (Å²) in [4.78, 5) is 33.0. The predicted molar refractivity (Wildman–Crippen MR) is 143 cm³/mol. The highest BCUT2D eigenvalue weighted by atomic mass is 35.5. The number of nitrogens with zero attached hydrogens (tertiary/aromatic N) is 2. The number of aliphatic hydroxyl groups is 1. The van der Waals surface area contributed by atoms with Crippen LogP contribution >= 0.6 is 22.9 Å². The second-order valence-electron chi connectivity index (χ2n) is 8.83. The summed E-state index contributed by atoms with van der Waals surface area (Å²) in [6, 6.07) is 15.2. The van der Waals surface area contributed by atoms with Gasteiger partial charge in [0.2, 0.25) is 0 Å². The molecule has 5 rings (SSSR count). The average molecular weight is 519 g/mol. The Morgan fingerprint density at radius 2 is 1.75 bits per heavy atom. The molecule has 0 aliphatic carbocycles. The number of Topliss-reactive ketones (excluding diaryl/α,β-unsaturated/α-hetero) is 1. The molecule has 0 saturated carbocycles. The van der Waals surface area contributed by atoms with Gasteiger partial charge >= 0.3 is 5.91 Å². The van der Waals surface area contributed by atoms with E-state index in [1.165, 1.54) is 16.2 Å². The molecule has 6 nitrogen and oxygen atoms in total. The maximum Gasteiger partial charge on any atom is 0.301 e. The standard InChI is InChI=1S/C28H23ClN2O4S/c1-14-11-16(3)23-21(12-14)36-28(30-23)31-24(17-5-8-19(29)9-6-17)22(26(33)27(31)34)25(32)18-7-10-20(35-4)15(2)13-18/h5-13,24,32H,1-4H3/b25-22+/t24-/m1/s1. The van der Waals surface area contributed by atoms with E-state index in [-0.39, 0.29) is 11.3 Å². The highest BCUT2D eigenvalue weighted by Crippen LogP contribution is 2.45. The molecule has 0 bridgehead atoms. The second-order valence-corrected chi connectivity index (χ2v) is 10.3. The number of carbonyl (C=O) groups is 2. The number of ketones is 1. The number of benzene rings is 3. The molecule has 1 aliphatic rings. The van der Waals surface area contributed by atoms with Crippen LogP contribution < -0.4 is 9.64 Å². The summed E-state index contributed by atoms with van der Waals surface area (Å²) in [5.41, 5.74) is 4.69. The fourth-order valence-electron chi connectivity index (χ4n) is 4.63. The van der Waals surface area contributed by atoms with E-state index in [0.717, 1.165) is 26.9 Å². The van der Waals surface area contributed by atoms with Gasteiger partial charge in [-0.15, -0.1) is 0 Å². The van der Waals surface area contributed by atoms with Gasteiger partial charge in [0.15, 0.2) is 5.13 Å². The number of hydrogen-bond donors (Lipinski definition) is 1. The zero-order chi connectivity index (χ0) is 25.7. The largest absolute Gasteiger partial charge is 0.507 e. The van der Waals surface area contributed by atoms with Gasteiger partial charge in [-0.3, -0.25) is 14.5 Å². The number of anilines is 1. The van der Waals surface area contributed by atoms with Crippen molar-refractivity contribution in [3.8, 4) is 5.75 Å². The van der Waals surface area contributed by atoms with Crippen molar-refractivity contribution in [3.05, 3.63) is 93.0 Å². The molecule has 1 saturated heterocycles. The fourth-order valence-corrected chi connectivity index (χ4v) is 5.93. The van der Waals surface area contributed by atoms with Crippen molar-refractivity contribution in [2.45, 2.75) is 26.8 Å². The molecule has 0 unspecified atom stereocenters. The van der Waals surface area contributed by atoms with Gasteiger partial charge in [0, 0.05) is 10.6 Å². The van der Waals surface area contributed by atoms with Gasteiger partial charge in [0.05, 0.1) is 28.9 Å². The van der Waals surface area contributed by atoms with Crippen molar-refractivity contribution < 1.29 is 19.4 Å². The first kappa shape index (κ1) is 24.0. The minimum atomic E-state index is -0.869. The van der Waals surface area contributed by atoms with Crippen molar-refractivity contribution in [3.63, 3.8) is 0 Å². The zero-order valence-corrected chi connectivity index (χ0v) is 21.7. The maximum atomic E-state index is 13.5. The van der Waals surface area contributed by atoms with Crippen LogP contribution in [0.3, 0.4) is 0 Å². The monoisotopic (exact) mass is 518 g/mol. The van der Waals surface area contributed by atoms with Crippen molar-refractivity contribution in [2.75, 3.05) is 12.0 Å². The van der Waals surface area contributed by atoms with Crippen LogP contribution in [-0.4, -0.2) is 28.9 Å². The van der Waals surface area contributed by atoms with Crippen molar-refractivity contribution >= 4 is 55.7 Å². The van der Waals surface area contributed by atoms with E-state index in [2.05, 4.69) is 0 Å². The number of hydrogen-bond acceptors (Lipinski definition) is 6. The number of methoxy groups -OCH3 is 1. The lowest BCUT2D eigenvalue weighted by Gasteiger charge is -2.23. The van der Waals surface area contributed by atoms with Gasteiger partial charge in [-0.2, -0.15) is 0 Å². The van der Waals surface area contributed by atoms with Crippen LogP contribution in [0.4, 0.5) is 5.13 Å². The van der Waals surface area contributed by atoms with Crippen LogP contribution in [0.5, 0.6) is 5.75 Å². The van der Waals surface area contributed by atoms with Crippen molar-refractivity contribution in [2.24, 2.45) is 0 Å². The molecule has 0 radical (unpaired) electrons. The Balaban J connectivity index is 1.73. The van der Waals surface area contributed by atoms with Crippen LogP contribution in [0.25, 0.3) is 16.0 Å². The first-order valence-electron chi connectivity index (χ1n) is 11.3. The summed E-state index contributed by atoms with van der Waals surface area (Å²) in [6.07, 6.45) is 0. The Bertz CT molecular complexity index is 1570. The van der Waals surface area contributed by atoms with E-state index in [0.29, 0.717) is 27.0 Å². The van der Waals surface area contributed by atoms with Gasteiger partial charge < -0.3 is 9.84 Å². The number of rotatable bonds is 4. The Labute approximate surface area is 217 Å². The number of aliphatic hydroxyl groups excluding tert-OH is 1. The van der Waals surface area contributed by atoms with Crippen molar-refractivity contribution in [1.82, 2.24) is 4.98 Å². The number of amides is 1. The number of ether oxygens (including phenoxy) is 1. The smallest absolute Gasteiger partial charge is 0.301 e. The minimum absolute atomic E-state index is 0.000882. The molecule has 1 atom stereocenters. The number of halogens is 1. The van der Waals surface area contributed by atoms with E-state index >= 15 is 0 Å². The fraction of sp³-hybridized carbons (Fsp3) is 0.179. The van der Waals surface area contributed by atoms with Crippen LogP contribution in [-0.2, 0) is 9.59 Å². The normalized spacial score (nSPS) is 17.2. The number of aryl methyl sites for hydroxylation is 3. The molecular formula is C28H23ClN2O4S. The molecule has 182 valence electrons. The predicted octanol–water partition coefficient (Wildman–Crippen LogP) is 6.51. The Kier molecular flexibility index (Phi) is 6.06. The van der Waals surface area contributed by atoms with E-state index < -0.39 is 17.7 Å².